The summed E-state index contributed by atoms with van der Waals surface area (Å²) in [5, 5.41) is 21.4. The van der Waals surface area contributed by atoms with E-state index in [9.17, 15) is 10.5 Å². The zero-order valence-corrected chi connectivity index (χ0v) is 27.5. The Labute approximate surface area is 293 Å². The standard InChI is InChI=1S/C44H25N5O2/c1-44(2)34-11-5-4-10-29(34)30-17-16-25(21-35(30)44)41-32(23-45)31(22-38(47-3)33(41)24-46)26-18-27(42-48-36-12-6-8-14-39(36)50-42)20-28(19-26)43-49-37-13-7-9-15-40(37)51-43/h4-22H,1-2H3. The number of rotatable bonds is 4. The second kappa shape index (κ2) is 11.1. The molecule has 6 aromatic carbocycles. The van der Waals surface area contributed by atoms with Crippen molar-refractivity contribution in [3.8, 4) is 68.4 Å². The maximum atomic E-state index is 10.9. The molecule has 7 heteroatoms. The highest BCUT2D eigenvalue weighted by atomic mass is 16.4. The summed E-state index contributed by atoms with van der Waals surface area (Å²) < 4.78 is 12.4. The van der Waals surface area contributed by atoms with Gasteiger partial charge in [0, 0.05) is 22.1 Å². The van der Waals surface area contributed by atoms with Gasteiger partial charge in [-0.25, -0.2) is 14.8 Å². The summed E-state index contributed by atoms with van der Waals surface area (Å²) in [7, 11) is 0. The maximum Gasteiger partial charge on any atom is 0.227 e. The van der Waals surface area contributed by atoms with E-state index in [1.165, 1.54) is 11.1 Å². The van der Waals surface area contributed by atoms with Crippen molar-refractivity contribution in [1.82, 2.24) is 9.97 Å². The van der Waals surface area contributed by atoms with E-state index < -0.39 is 0 Å². The molecule has 1 aliphatic carbocycles. The predicted octanol–water partition coefficient (Wildman–Crippen LogP) is 11.2. The average Bonchev–Trinajstić information content (AvgIpc) is 3.87. The number of hydrogen-bond acceptors (Lipinski definition) is 6. The number of benzene rings is 6. The molecule has 0 aliphatic heterocycles. The van der Waals surface area contributed by atoms with Crippen molar-refractivity contribution in [2.45, 2.75) is 19.3 Å². The van der Waals surface area contributed by atoms with E-state index in [0.29, 0.717) is 67.4 Å². The van der Waals surface area contributed by atoms with Gasteiger partial charge in [-0.15, -0.1) is 0 Å². The van der Waals surface area contributed by atoms with Gasteiger partial charge in [0.15, 0.2) is 11.2 Å². The summed E-state index contributed by atoms with van der Waals surface area (Å²) in [6.45, 7) is 12.5. The quantitative estimate of drug-likeness (QED) is 0.175. The van der Waals surface area contributed by atoms with Gasteiger partial charge in [0.25, 0.3) is 0 Å². The summed E-state index contributed by atoms with van der Waals surface area (Å²) in [5.74, 6) is 0.766. The van der Waals surface area contributed by atoms with Gasteiger partial charge in [-0.1, -0.05) is 74.5 Å². The molecule has 0 fully saturated rings. The Kier molecular flexibility index (Phi) is 6.52. The Morgan fingerprint density at radius 2 is 1.16 bits per heavy atom. The molecular weight excluding hydrogens is 631 g/mol. The summed E-state index contributed by atoms with van der Waals surface area (Å²) in [6, 6.07) is 41.5. The molecule has 0 atom stereocenters. The molecule has 238 valence electrons. The molecule has 0 N–H and O–H groups in total. The molecule has 2 heterocycles. The topological polar surface area (TPSA) is 104 Å². The Hall–Kier alpha value is -7.27. The van der Waals surface area contributed by atoms with E-state index in [1.54, 1.807) is 6.07 Å². The minimum absolute atomic E-state index is 0.153. The van der Waals surface area contributed by atoms with E-state index in [0.717, 1.165) is 11.1 Å². The molecule has 0 spiro atoms. The Balaban J connectivity index is 1.30. The normalized spacial score (nSPS) is 12.6. The molecule has 8 aromatic rings. The maximum absolute atomic E-state index is 10.9. The molecule has 0 saturated heterocycles. The zero-order valence-electron chi connectivity index (χ0n) is 27.5. The molecule has 0 unspecified atom stereocenters. The highest BCUT2D eigenvalue weighted by Gasteiger charge is 2.36. The summed E-state index contributed by atoms with van der Waals surface area (Å²) in [6.07, 6.45) is 0. The third-order valence-corrected chi connectivity index (χ3v) is 9.85. The lowest BCUT2D eigenvalue weighted by Crippen LogP contribution is -2.15. The van der Waals surface area contributed by atoms with Crippen molar-refractivity contribution in [1.29, 1.82) is 10.5 Å². The van der Waals surface area contributed by atoms with Gasteiger partial charge in [0.05, 0.1) is 23.8 Å². The summed E-state index contributed by atoms with van der Waals surface area (Å²) in [5.41, 5.74) is 11.1. The Bertz CT molecular complexity index is 2730. The minimum Gasteiger partial charge on any atom is -0.436 e. The first-order valence-corrected chi connectivity index (χ1v) is 16.4. The monoisotopic (exact) mass is 655 g/mol. The number of para-hydroxylation sites is 4. The predicted molar refractivity (Wildman–Crippen MR) is 197 cm³/mol. The second-order valence-electron chi connectivity index (χ2n) is 13.1. The van der Waals surface area contributed by atoms with Crippen molar-refractivity contribution >= 4 is 27.9 Å². The largest absolute Gasteiger partial charge is 0.436 e. The lowest BCUT2D eigenvalue weighted by atomic mass is 9.80. The van der Waals surface area contributed by atoms with Crippen LogP contribution < -0.4 is 0 Å². The molecule has 0 saturated carbocycles. The van der Waals surface area contributed by atoms with Gasteiger partial charge >= 0.3 is 0 Å². The Morgan fingerprint density at radius 3 is 1.76 bits per heavy atom. The van der Waals surface area contributed by atoms with Crippen molar-refractivity contribution in [3.63, 3.8) is 0 Å². The molecule has 0 bridgehead atoms. The van der Waals surface area contributed by atoms with E-state index in [-0.39, 0.29) is 22.2 Å². The number of aromatic nitrogens is 2. The molecule has 1 aliphatic rings. The highest BCUT2D eigenvalue weighted by molar-refractivity contribution is 5.94. The first kappa shape index (κ1) is 29.8. The van der Waals surface area contributed by atoms with Crippen LogP contribution in [0.5, 0.6) is 0 Å². The van der Waals surface area contributed by atoms with Gasteiger partial charge in [-0.05, 0) is 93.5 Å². The molecule has 2 aromatic heterocycles. The molecule has 7 nitrogen and oxygen atoms in total. The lowest BCUT2D eigenvalue weighted by molar-refractivity contribution is 0.617. The fourth-order valence-electron chi connectivity index (χ4n) is 7.38. The fraction of sp³-hybridized carbons (Fsp3) is 0.0682. The van der Waals surface area contributed by atoms with Crippen LogP contribution in [0.2, 0.25) is 0 Å². The lowest BCUT2D eigenvalue weighted by Gasteiger charge is -2.22. The molecule has 51 heavy (non-hydrogen) atoms. The van der Waals surface area contributed by atoms with Gasteiger partial charge in [-0.3, -0.25) is 0 Å². The molecule has 0 amide bonds. The van der Waals surface area contributed by atoms with Crippen LogP contribution in [-0.2, 0) is 5.41 Å². The zero-order chi connectivity index (χ0) is 34.9. The highest BCUT2D eigenvalue weighted by Crippen LogP contribution is 2.51. The fourth-order valence-corrected chi connectivity index (χ4v) is 7.38. The van der Waals surface area contributed by atoms with Crippen LogP contribution in [0.1, 0.15) is 36.1 Å². The van der Waals surface area contributed by atoms with Crippen LogP contribution >= 0.6 is 0 Å². The van der Waals surface area contributed by atoms with Crippen LogP contribution in [-0.4, -0.2) is 9.97 Å². The first-order chi connectivity index (χ1) is 24.9. The van der Waals surface area contributed by atoms with Crippen molar-refractivity contribution in [3.05, 3.63) is 149 Å². The van der Waals surface area contributed by atoms with E-state index in [2.05, 4.69) is 55.1 Å². The van der Waals surface area contributed by atoms with Crippen molar-refractivity contribution < 1.29 is 8.83 Å². The number of nitriles is 2. The van der Waals surface area contributed by atoms with Crippen LogP contribution in [0, 0.1) is 29.2 Å². The molecular formula is C44H25N5O2. The third-order valence-electron chi connectivity index (χ3n) is 9.85. The van der Waals surface area contributed by atoms with Gasteiger partial charge < -0.3 is 8.83 Å². The Morgan fingerprint density at radius 1 is 0.588 bits per heavy atom. The van der Waals surface area contributed by atoms with E-state index in [4.69, 9.17) is 25.4 Å². The van der Waals surface area contributed by atoms with Crippen molar-refractivity contribution in [2.24, 2.45) is 0 Å². The number of fused-ring (bicyclic) bond motifs is 5. The van der Waals surface area contributed by atoms with E-state index >= 15 is 0 Å². The molecule has 0 radical (unpaired) electrons. The van der Waals surface area contributed by atoms with Gasteiger partial charge in [0.2, 0.25) is 17.5 Å². The smallest absolute Gasteiger partial charge is 0.227 e. The average molecular weight is 656 g/mol. The second-order valence-corrected chi connectivity index (χ2v) is 13.1. The number of oxazole rings is 2. The van der Waals surface area contributed by atoms with Crippen LogP contribution in [0.3, 0.4) is 0 Å². The van der Waals surface area contributed by atoms with Crippen LogP contribution in [0.25, 0.3) is 83.3 Å². The third kappa shape index (κ3) is 4.56. The van der Waals surface area contributed by atoms with Crippen LogP contribution in [0.15, 0.2) is 124 Å². The summed E-state index contributed by atoms with van der Waals surface area (Å²) in [4.78, 5) is 13.3. The number of nitrogens with zero attached hydrogens (tertiary/aromatic N) is 5. The first-order valence-electron chi connectivity index (χ1n) is 16.4. The van der Waals surface area contributed by atoms with Gasteiger partial charge in [-0.2, -0.15) is 10.5 Å². The van der Waals surface area contributed by atoms with Crippen molar-refractivity contribution in [2.75, 3.05) is 0 Å². The van der Waals surface area contributed by atoms with E-state index in [1.807, 2.05) is 84.9 Å². The number of hydrogen-bond donors (Lipinski definition) is 0. The summed E-state index contributed by atoms with van der Waals surface area (Å²) >= 11 is 0. The minimum atomic E-state index is -0.301. The van der Waals surface area contributed by atoms with Crippen LogP contribution in [0.4, 0.5) is 5.69 Å². The SMILES string of the molecule is [C-]#[N+]c1cc(-c2cc(-c3nc4ccccc4o3)cc(-c3nc4ccccc4o3)c2)c(C#N)c(-c2ccc3c(c2)C(C)(C)c2ccccc2-3)c1C#N. The van der Waals surface area contributed by atoms with Gasteiger partial charge in [0.1, 0.15) is 17.1 Å². The molecule has 9 rings (SSSR count).